The highest BCUT2D eigenvalue weighted by Gasteiger charge is 2.01. The van der Waals surface area contributed by atoms with Crippen LogP contribution in [0.5, 0.6) is 0 Å². The van der Waals surface area contributed by atoms with Crippen LogP contribution in [-0.2, 0) is 0 Å². The van der Waals surface area contributed by atoms with E-state index >= 15 is 0 Å². The van der Waals surface area contributed by atoms with Crippen LogP contribution in [-0.4, -0.2) is 4.98 Å². The maximum atomic E-state index is 11.3. The van der Waals surface area contributed by atoms with E-state index in [0.717, 1.165) is 5.56 Å². The number of aromatic nitrogens is 1. The summed E-state index contributed by atoms with van der Waals surface area (Å²) in [5.41, 5.74) is 1.43. The van der Waals surface area contributed by atoms with E-state index in [4.69, 9.17) is 4.42 Å². The summed E-state index contributed by atoms with van der Waals surface area (Å²) in [6, 6.07) is 3.24. The number of rotatable bonds is 1. The Labute approximate surface area is 68.7 Å². The molecule has 0 aromatic carbocycles. The molecule has 0 fully saturated rings. The predicted octanol–water partition coefficient (Wildman–Crippen LogP) is 1.63. The molecule has 3 heteroatoms. The van der Waals surface area contributed by atoms with E-state index in [9.17, 15) is 4.79 Å². The fourth-order valence-electron chi connectivity index (χ4n) is 1.06. The molecule has 0 aliphatic heterocycles. The Morgan fingerprint density at radius 2 is 2.25 bits per heavy atom. The largest absolute Gasteiger partial charge is 0.472 e. The van der Waals surface area contributed by atoms with Gasteiger partial charge in [0.15, 0.2) is 5.43 Å². The Hall–Kier alpha value is -1.77. The zero-order valence-corrected chi connectivity index (χ0v) is 6.28. The first kappa shape index (κ1) is 6.91. The topological polar surface area (TPSA) is 46.0 Å². The van der Waals surface area contributed by atoms with Crippen molar-refractivity contribution >= 4 is 0 Å². The average Bonchev–Trinajstić information content (AvgIpc) is 2.57. The molecule has 2 aromatic heterocycles. The molecule has 2 aromatic rings. The fourth-order valence-corrected chi connectivity index (χ4v) is 1.06. The third kappa shape index (κ3) is 1.05. The summed E-state index contributed by atoms with van der Waals surface area (Å²) in [5, 5.41) is 0. The van der Waals surface area contributed by atoms with Crippen LogP contribution in [0.25, 0.3) is 11.1 Å². The van der Waals surface area contributed by atoms with Gasteiger partial charge in [-0.3, -0.25) is 4.79 Å². The Morgan fingerprint density at radius 1 is 1.33 bits per heavy atom. The minimum Gasteiger partial charge on any atom is -0.472 e. The number of aromatic amines is 1. The van der Waals surface area contributed by atoms with E-state index in [1.165, 1.54) is 6.07 Å². The molecule has 0 amide bonds. The molecule has 0 aliphatic rings. The predicted molar refractivity (Wildman–Crippen MR) is 44.8 cm³/mol. The molecule has 3 nitrogen and oxygen atoms in total. The van der Waals surface area contributed by atoms with Gasteiger partial charge < -0.3 is 9.40 Å². The van der Waals surface area contributed by atoms with Gasteiger partial charge in [-0.05, 0) is 6.07 Å². The standard InChI is InChI=1S/C9H7NO2/c11-9-1-3-10-5-8(9)7-2-4-12-6-7/h1-6H,(H,10,11). The third-order valence-corrected chi connectivity index (χ3v) is 1.66. The second-order valence-corrected chi connectivity index (χ2v) is 2.43. The van der Waals surface area contributed by atoms with Crippen molar-refractivity contribution in [3.8, 4) is 11.1 Å². The van der Waals surface area contributed by atoms with Crippen molar-refractivity contribution in [2.75, 3.05) is 0 Å². The SMILES string of the molecule is O=c1cc[nH]cc1-c1ccoc1. The fraction of sp³-hybridized carbons (Fsp3) is 0. The van der Waals surface area contributed by atoms with Gasteiger partial charge in [-0.2, -0.15) is 0 Å². The Morgan fingerprint density at radius 3 is 2.92 bits per heavy atom. The van der Waals surface area contributed by atoms with Gasteiger partial charge in [-0.15, -0.1) is 0 Å². The lowest BCUT2D eigenvalue weighted by Gasteiger charge is -1.92. The van der Waals surface area contributed by atoms with E-state index in [-0.39, 0.29) is 5.43 Å². The van der Waals surface area contributed by atoms with Gasteiger partial charge in [0.1, 0.15) is 0 Å². The molecule has 0 saturated heterocycles. The van der Waals surface area contributed by atoms with Crippen LogP contribution < -0.4 is 5.43 Å². The van der Waals surface area contributed by atoms with Crippen molar-refractivity contribution in [2.24, 2.45) is 0 Å². The van der Waals surface area contributed by atoms with Gasteiger partial charge in [0.2, 0.25) is 0 Å². The van der Waals surface area contributed by atoms with Crippen molar-refractivity contribution in [3.63, 3.8) is 0 Å². The number of hydrogen-bond donors (Lipinski definition) is 1. The zero-order chi connectivity index (χ0) is 8.39. The minimum absolute atomic E-state index is 0.00449. The van der Waals surface area contributed by atoms with E-state index in [2.05, 4.69) is 4.98 Å². The van der Waals surface area contributed by atoms with E-state index < -0.39 is 0 Å². The molecule has 0 saturated carbocycles. The van der Waals surface area contributed by atoms with Crippen molar-refractivity contribution in [2.45, 2.75) is 0 Å². The lowest BCUT2D eigenvalue weighted by Crippen LogP contribution is -2.01. The van der Waals surface area contributed by atoms with Crippen molar-refractivity contribution in [1.82, 2.24) is 4.98 Å². The van der Waals surface area contributed by atoms with Gasteiger partial charge in [0.25, 0.3) is 0 Å². The first-order valence-corrected chi connectivity index (χ1v) is 3.57. The molecule has 0 spiro atoms. The first-order valence-electron chi connectivity index (χ1n) is 3.57. The minimum atomic E-state index is -0.00449. The molecule has 1 N–H and O–H groups in total. The Bertz CT molecular complexity index is 414. The summed E-state index contributed by atoms with van der Waals surface area (Å²) < 4.78 is 4.87. The number of nitrogens with one attached hydrogen (secondary N) is 1. The van der Waals surface area contributed by atoms with Gasteiger partial charge in [-0.1, -0.05) is 0 Å². The highest BCUT2D eigenvalue weighted by Crippen LogP contribution is 2.13. The Kier molecular flexibility index (Phi) is 1.55. The second-order valence-electron chi connectivity index (χ2n) is 2.43. The van der Waals surface area contributed by atoms with Crippen LogP contribution in [0.3, 0.4) is 0 Å². The number of furan rings is 1. The smallest absolute Gasteiger partial charge is 0.189 e. The maximum absolute atomic E-state index is 11.3. The van der Waals surface area contributed by atoms with Crippen molar-refractivity contribution in [1.29, 1.82) is 0 Å². The van der Waals surface area contributed by atoms with Gasteiger partial charge >= 0.3 is 0 Å². The average molecular weight is 161 g/mol. The van der Waals surface area contributed by atoms with Crippen LogP contribution >= 0.6 is 0 Å². The van der Waals surface area contributed by atoms with Crippen LogP contribution in [0.15, 0.2) is 46.3 Å². The van der Waals surface area contributed by atoms with Crippen LogP contribution in [0.1, 0.15) is 0 Å². The number of hydrogen-bond acceptors (Lipinski definition) is 2. The molecule has 60 valence electrons. The normalized spacial score (nSPS) is 10.0. The molecule has 0 aliphatic carbocycles. The molecular formula is C9H7NO2. The lowest BCUT2D eigenvalue weighted by atomic mass is 10.1. The summed E-state index contributed by atoms with van der Waals surface area (Å²) in [5.74, 6) is 0. The lowest BCUT2D eigenvalue weighted by molar-refractivity contribution is 0.568. The summed E-state index contributed by atoms with van der Waals surface area (Å²) in [6.45, 7) is 0. The molecule has 0 bridgehead atoms. The highest BCUT2D eigenvalue weighted by molar-refractivity contribution is 5.60. The van der Waals surface area contributed by atoms with Crippen LogP contribution in [0.4, 0.5) is 0 Å². The molecular weight excluding hydrogens is 154 g/mol. The molecule has 12 heavy (non-hydrogen) atoms. The van der Waals surface area contributed by atoms with Crippen molar-refractivity contribution in [3.05, 3.63) is 47.3 Å². The molecule has 2 rings (SSSR count). The monoisotopic (exact) mass is 161 g/mol. The Balaban J connectivity index is 2.63. The quantitative estimate of drug-likeness (QED) is 0.691. The number of pyridine rings is 1. The summed E-state index contributed by atoms with van der Waals surface area (Å²) in [7, 11) is 0. The van der Waals surface area contributed by atoms with E-state index in [1.54, 1.807) is 31.0 Å². The molecule has 0 unspecified atom stereocenters. The van der Waals surface area contributed by atoms with E-state index in [0.29, 0.717) is 5.56 Å². The molecule has 0 radical (unpaired) electrons. The van der Waals surface area contributed by atoms with Crippen LogP contribution in [0, 0.1) is 0 Å². The molecule has 2 heterocycles. The summed E-state index contributed by atoms with van der Waals surface area (Å²) >= 11 is 0. The van der Waals surface area contributed by atoms with Gasteiger partial charge in [0.05, 0.1) is 12.5 Å². The first-order chi connectivity index (χ1) is 5.88. The van der Waals surface area contributed by atoms with E-state index in [1.807, 2.05) is 0 Å². The van der Waals surface area contributed by atoms with Gasteiger partial charge in [-0.25, -0.2) is 0 Å². The van der Waals surface area contributed by atoms with Crippen molar-refractivity contribution < 1.29 is 4.42 Å². The van der Waals surface area contributed by atoms with Gasteiger partial charge in [0, 0.05) is 29.6 Å². The van der Waals surface area contributed by atoms with Crippen LogP contribution in [0.2, 0.25) is 0 Å². The second kappa shape index (κ2) is 2.70. The maximum Gasteiger partial charge on any atom is 0.189 e. The summed E-state index contributed by atoms with van der Waals surface area (Å²) in [6.07, 6.45) is 6.35. The highest BCUT2D eigenvalue weighted by atomic mass is 16.3. The summed E-state index contributed by atoms with van der Waals surface area (Å²) in [4.78, 5) is 14.1. The zero-order valence-electron chi connectivity index (χ0n) is 6.28. The third-order valence-electron chi connectivity index (χ3n) is 1.66. The molecule has 0 atom stereocenters. The number of H-pyrrole nitrogens is 1.